The van der Waals surface area contributed by atoms with Crippen LogP contribution in [0.2, 0.25) is 0 Å². The minimum absolute atomic E-state index is 0.302. The monoisotopic (exact) mass is 285 g/mol. The largest absolute Gasteiger partial charge is 0.505 e. The molecule has 0 radical (unpaired) electrons. The molecule has 2 aromatic carbocycles. The van der Waals surface area contributed by atoms with Crippen molar-refractivity contribution in [2.75, 3.05) is 5.32 Å². The second-order valence-corrected chi connectivity index (χ2v) is 4.43. The highest BCUT2D eigenvalue weighted by Gasteiger charge is 2.07. The van der Waals surface area contributed by atoms with Crippen LogP contribution < -0.4 is 5.32 Å². The lowest BCUT2D eigenvalue weighted by Crippen LogP contribution is -2.00. The molecule has 0 unspecified atom stereocenters. The Labute approximate surface area is 120 Å². The van der Waals surface area contributed by atoms with E-state index in [0.29, 0.717) is 18.0 Å². The highest BCUT2D eigenvalue weighted by atomic mass is 19.1. The first-order chi connectivity index (χ1) is 10.2. The van der Waals surface area contributed by atoms with Gasteiger partial charge in [0.05, 0.1) is 0 Å². The van der Waals surface area contributed by atoms with E-state index in [0.717, 1.165) is 11.3 Å². The van der Waals surface area contributed by atoms with Gasteiger partial charge in [-0.15, -0.1) is 10.2 Å². The lowest BCUT2D eigenvalue weighted by molar-refractivity contribution is 0.427. The van der Waals surface area contributed by atoms with Gasteiger partial charge in [0.25, 0.3) is 0 Å². The van der Waals surface area contributed by atoms with E-state index in [2.05, 4.69) is 15.5 Å². The number of hydrogen-bond donors (Lipinski definition) is 2. The third-order valence-corrected chi connectivity index (χ3v) is 3.02. The Kier molecular flexibility index (Phi) is 3.51. The van der Waals surface area contributed by atoms with Crippen molar-refractivity contribution in [1.82, 2.24) is 10.2 Å². The molecule has 1 heterocycles. The van der Waals surface area contributed by atoms with Crippen molar-refractivity contribution in [3.05, 3.63) is 60.2 Å². The number of rotatable bonds is 4. The van der Waals surface area contributed by atoms with Crippen molar-refractivity contribution in [3.63, 3.8) is 0 Å². The fourth-order valence-corrected chi connectivity index (χ4v) is 1.96. The number of hydrogen-bond acceptors (Lipinski definition) is 5. The number of para-hydroxylation sites is 1. The highest BCUT2D eigenvalue weighted by Crippen LogP contribution is 2.24. The predicted octanol–water partition coefficient (Wildman–Crippen LogP) is 3.19. The molecule has 0 atom stereocenters. The molecule has 3 aromatic rings. The molecular formula is C15H12FN3O2. The Bertz CT molecular complexity index is 744. The lowest BCUT2D eigenvalue weighted by atomic mass is 10.1. The summed E-state index contributed by atoms with van der Waals surface area (Å²) in [7, 11) is 0. The molecule has 0 aliphatic rings. The number of halogens is 1. The zero-order valence-corrected chi connectivity index (χ0v) is 11.0. The molecule has 6 heteroatoms. The number of nitrogens with one attached hydrogen (secondary N) is 1. The first-order valence-electron chi connectivity index (χ1n) is 6.31. The molecule has 2 N–H and O–H groups in total. The first kappa shape index (κ1) is 13.1. The standard InChI is InChI=1S/C15H12FN3O2/c16-13-6-2-4-11(14(13)20)8-17-12-5-1-3-10(7-12)15-19-18-9-21-15/h1-7,9,17,20H,8H2. The summed E-state index contributed by atoms with van der Waals surface area (Å²) >= 11 is 0. The van der Waals surface area contributed by atoms with E-state index in [1.807, 2.05) is 24.3 Å². The molecule has 21 heavy (non-hydrogen) atoms. The maximum Gasteiger partial charge on any atom is 0.247 e. The van der Waals surface area contributed by atoms with Gasteiger partial charge in [0.15, 0.2) is 11.6 Å². The number of aromatic nitrogens is 2. The van der Waals surface area contributed by atoms with Crippen LogP contribution in [0.25, 0.3) is 11.5 Å². The Morgan fingerprint density at radius 2 is 2.05 bits per heavy atom. The van der Waals surface area contributed by atoms with Gasteiger partial charge in [-0.3, -0.25) is 0 Å². The highest BCUT2D eigenvalue weighted by molar-refractivity contribution is 5.61. The summed E-state index contributed by atoms with van der Waals surface area (Å²) in [5.41, 5.74) is 2.06. The summed E-state index contributed by atoms with van der Waals surface area (Å²) in [4.78, 5) is 0. The van der Waals surface area contributed by atoms with E-state index in [4.69, 9.17) is 4.42 Å². The smallest absolute Gasteiger partial charge is 0.247 e. The lowest BCUT2D eigenvalue weighted by Gasteiger charge is -2.09. The van der Waals surface area contributed by atoms with Crippen molar-refractivity contribution in [3.8, 4) is 17.2 Å². The molecule has 0 bridgehead atoms. The normalized spacial score (nSPS) is 10.5. The molecule has 3 rings (SSSR count). The Morgan fingerprint density at radius 3 is 2.86 bits per heavy atom. The van der Waals surface area contributed by atoms with Crippen LogP contribution in [0.1, 0.15) is 5.56 Å². The molecule has 0 fully saturated rings. The second kappa shape index (κ2) is 5.62. The van der Waals surface area contributed by atoms with Crippen molar-refractivity contribution in [1.29, 1.82) is 0 Å². The van der Waals surface area contributed by atoms with Crippen LogP contribution in [0.4, 0.5) is 10.1 Å². The third-order valence-electron chi connectivity index (χ3n) is 3.02. The van der Waals surface area contributed by atoms with E-state index in [-0.39, 0.29) is 5.75 Å². The SMILES string of the molecule is Oc1c(F)cccc1CNc1cccc(-c2nnco2)c1. The van der Waals surface area contributed by atoms with Gasteiger partial charge >= 0.3 is 0 Å². The Morgan fingerprint density at radius 1 is 1.19 bits per heavy atom. The van der Waals surface area contributed by atoms with E-state index >= 15 is 0 Å². The van der Waals surface area contributed by atoms with Gasteiger partial charge in [0.1, 0.15) is 0 Å². The van der Waals surface area contributed by atoms with E-state index in [1.54, 1.807) is 12.1 Å². The van der Waals surface area contributed by atoms with Crippen LogP contribution in [0.5, 0.6) is 5.75 Å². The van der Waals surface area contributed by atoms with Crippen molar-refractivity contribution >= 4 is 5.69 Å². The van der Waals surface area contributed by atoms with Gasteiger partial charge in [0, 0.05) is 23.4 Å². The van der Waals surface area contributed by atoms with E-state index in [1.165, 1.54) is 12.5 Å². The minimum Gasteiger partial charge on any atom is -0.505 e. The van der Waals surface area contributed by atoms with E-state index < -0.39 is 5.82 Å². The minimum atomic E-state index is -0.631. The second-order valence-electron chi connectivity index (χ2n) is 4.43. The Balaban J connectivity index is 1.77. The summed E-state index contributed by atoms with van der Waals surface area (Å²) in [5, 5.41) is 20.2. The zero-order valence-electron chi connectivity index (χ0n) is 11.0. The zero-order chi connectivity index (χ0) is 14.7. The van der Waals surface area contributed by atoms with Crippen molar-refractivity contribution in [2.45, 2.75) is 6.54 Å². The molecule has 0 aliphatic carbocycles. The number of benzene rings is 2. The van der Waals surface area contributed by atoms with Crippen LogP contribution >= 0.6 is 0 Å². The molecule has 106 valence electrons. The maximum absolute atomic E-state index is 13.2. The molecule has 5 nitrogen and oxygen atoms in total. The molecule has 0 aliphatic heterocycles. The molecule has 1 aromatic heterocycles. The summed E-state index contributed by atoms with van der Waals surface area (Å²) in [5.74, 6) is -0.542. The van der Waals surface area contributed by atoms with Gasteiger partial charge in [0.2, 0.25) is 12.3 Å². The molecule has 0 spiro atoms. The fraction of sp³-hybridized carbons (Fsp3) is 0.0667. The molecule has 0 amide bonds. The van der Waals surface area contributed by atoms with Gasteiger partial charge in [-0.25, -0.2) is 4.39 Å². The molecular weight excluding hydrogens is 273 g/mol. The average molecular weight is 285 g/mol. The van der Waals surface area contributed by atoms with E-state index in [9.17, 15) is 9.50 Å². The van der Waals surface area contributed by atoms with Gasteiger partial charge in [-0.1, -0.05) is 18.2 Å². The van der Waals surface area contributed by atoms with Crippen LogP contribution in [-0.2, 0) is 6.54 Å². The fourth-order valence-electron chi connectivity index (χ4n) is 1.96. The van der Waals surface area contributed by atoms with Crippen LogP contribution in [-0.4, -0.2) is 15.3 Å². The van der Waals surface area contributed by atoms with Crippen LogP contribution in [0.3, 0.4) is 0 Å². The van der Waals surface area contributed by atoms with Crippen LogP contribution in [0, 0.1) is 5.82 Å². The molecule has 0 saturated carbocycles. The Hall–Kier alpha value is -2.89. The molecule has 0 saturated heterocycles. The third kappa shape index (κ3) is 2.84. The maximum atomic E-state index is 13.2. The topological polar surface area (TPSA) is 71.2 Å². The van der Waals surface area contributed by atoms with Crippen molar-refractivity contribution < 1.29 is 13.9 Å². The summed E-state index contributed by atoms with van der Waals surface area (Å²) in [6.45, 7) is 0.302. The summed E-state index contributed by atoms with van der Waals surface area (Å²) in [6.07, 6.45) is 1.26. The quantitative estimate of drug-likeness (QED) is 0.770. The summed E-state index contributed by atoms with van der Waals surface area (Å²) < 4.78 is 18.4. The number of anilines is 1. The first-order valence-corrected chi connectivity index (χ1v) is 6.31. The number of phenols is 1. The predicted molar refractivity (Wildman–Crippen MR) is 75.1 cm³/mol. The van der Waals surface area contributed by atoms with Gasteiger partial charge in [-0.05, 0) is 24.3 Å². The number of phenolic OH excluding ortho intramolecular Hbond substituents is 1. The average Bonchev–Trinajstić information content (AvgIpc) is 3.03. The van der Waals surface area contributed by atoms with Crippen molar-refractivity contribution in [2.24, 2.45) is 0 Å². The summed E-state index contributed by atoms with van der Waals surface area (Å²) in [6, 6.07) is 11.8. The van der Waals surface area contributed by atoms with Gasteiger partial charge < -0.3 is 14.8 Å². The van der Waals surface area contributed by atoms with Crippen LogP contribution in [0.15, 0.2) is 53.3 Å². The number of aromatic hydroxyl groups is 1. The number of nitrogens with zero attached hydrogens (tertiary/aromatic N) is 2. The van der Waals surface area contributed by atoms with Gasteiger partial charge in [-0.2, -0.15) is 0 Å².